The van der Waals surface area contributed by atoms with Gasteiger partial charge >= 0.3 is 0 Å². The molecular formula is C9H16N2O2S2. The highest BCUT2D eigenvalue weighted by molar-refractivity contribution is 7.91. The molecule has 0 aromatic carbocycles. The standard InChI is InChI=1S/C9H16N2O2S2/c1-7(2)11-5-8-4-9(14-6-8)15(12,13)10-3/h4,6-7,10-11H,5H2,1-3H3. The van der Waals surface area contributed by atoms with Crippen LogP contribution in [0.25, 0.3) is 0 Å². The first-order chi connectivity index (χ1) is 6.95. The largest absolute Gasteiger partial charge is 0.310 e. The number of rotatable bonds is 5. The van der Waals surface area contributed by atoms with Gasteiger partial charge in [0.2, 0.25) is 10.0 Å². The number of hydrogen-bond acceptors (Lipinski definition) is 4. The first kappa shape index (κ1) is 12.6. The smallest absolute Gasteiger partial charge is 0.249 e. The summed E-state index contributed by atoms with van der Waals surface area (Å²) in [7, 11) is -1.86. The average Bonchev–Trinajstić information content (AvgIpc) is 2.63. The van der Waals surface area contributed by atoms with Gasteiger partial charge in [-0.25, -0.2) is 13.1 Å². The van der Waals surface area contributed by atoms with E-state index in [1.165, 1.54) is 18.4 Å². The summed E-state index contributed by atoms with van der Waals surface area (Å²) in [6.45, 7) is 4.81. The molecule has 1 heterocycles. The molecule has 0 unspecified atom stereocenters. The highest BCUT2D eigenvalue weighted by Crippen LogP contribution is 2.19. The van der Waals surface area contributed by atoms with E-state index in [0.29, 0.717) is 16.8 Å². The van der Waals surface area contributed by atoms with Gasteiger partial charge in [-0.1, -0.05) is 13.8 Å². The van der Waals surface area contributed by atoms with Crippen molar-refractivity contribution in [1.82, 2.24) is 10.0 Å². The monoisotopic (exact) mass is 248 g/mol. The Kier molecular flexibility index (Phi) is 4.27. The zero-order valence-electron chi connectivity index (χ0n) is 9.07. The lowest BCUT2D eigenvalue weighted by atomic mass is 10.3. The van der Waals surface area contributed by atoms with Crippen LogP contribution in [0.5, 0.6) is 0 Å². The summed E-state index contributed by atoms with van der Waals surface area (Å²) < 4.78 is 25.5. The van der Waals surface area contributed by atoms with Crippen LogP contribution in [0.2, 0.25) is 0 Å². The Morgan fingerprint density at radius 2 is 2.13 bits per heavy atom. The quantitative estimate of drug-likeness (QED) is 0.822. The highest BCUT2D eigenvalue weighted by atomic mass is 32.2. The van der Waals surface area contributed by atoms with Gasteiger partial charge in [0.15, 0.2) is 0 Å². The van der Waals surface area contributed by atoms with E-state index in [4.69, 9.17) is 0 Å². The van der Waals surface area contributed by atoms with Crippen molar-refractivity contribution >= 4 is 21.4 Å². The minimum absolute atomic E-state index is 0.366. The lowest BCUT2D eigenvalue weighted by molar-refractivity contribution is 0.586. The molecule has 1 aromatic heterocycles. The van der Waals surface area contributed by atoms with Crippen LogP contribution in [0.4, 0.5) is 0 Å². The molecule has 6 heteroatoms. The fraction of sp³-hybridized carbons (Fsp3) is 0.556. The molecule has 86 valence electrons. The van der Waals surface area contributed by atoms with Crippen molar-refractivity contribution in [3.8, 4) is 0 Å². The molecule has 1 aromatic rings. The van der Waals surface area contributed by atoms with Crippen molar-refractivity contribution in [3.05, 3.63) is 17.0 Å². The first-order valence-corrected chi connectivity index (χ1v) is 7.06. The van der Waals surface area contributed by atoms with Gasteiger partial charge < -0.3 is 5.32 Å². The fourth-order valence-electron chi connectivity index (χ4n) is 1.01. The summed E-state index contributed by atoms with van der Waals surface area (Å²) in [6, 6.07) is 2.10. The molecule has 15 heavy (non-hydrogen) atoms. The minimum Gasteiger partial charge on any atom is -0.310 e. The van der Waals surface area contributed by atoms with E-state index in [1.54, 1.807) is 6.07 Å². The first-order valence-electron chi connectivity index (χ1n) is 4.70. The maximum absolute atomic E-state index is 11.4. The van der Waals surface area contributed by atoms with E-state index >= 15 is 0 Å². The Morgan fingerprint density at radius 3 is 2.67 bits per heavy atom. The van der Waals surface area contributed by atoms with Crippen LogP contribution < -0.4 is 10.0 Å². The molecular weight excluding hydrogens is 232 g/mol. The third kappa shape index (κ3) is 3.57. The number of hydrogen-bond donors (Lipinski definition) is 2. The molecule has 0 radical (unpaired) electrons. The van der Waals surface area contributed by atoms with Gasteiger partial charge in [0.05, 0.1) is 0 Å². The van der Waals surface area contributed by atoms with Gasteiger partial charge in [-0.2, -0.15) is 0 Å². The molecule has 0 saturated carbocycles. The lowest BCUT2D eigenvalue weighted by Gasteiger charge is -2.05. The Balaban J connectivity index is 2.73. The van der Waals surface area contributed by atoms with Gasteiger partial charge in [0.1, 0.15) is 4.21 Å². The van der Waals surface area contributed by atoms with Crippen molar-refractivity contribution in [2.45, 2.75) is 30.6 Å². The Morgan fingerprint density at radius 1 is 1.47 bits per heavy atom. The molecule has 0 saturated heterocycles. The van der Waals surface area contributed by atoms with Gasteiger partial charge in [-0.3, -0.25) is 0 Å². The molecule has 2 N–H and O–H groups in total. The van der Waals surface area contributed by atoms with Crippen LogP contribution in [0.1, 0.15) is 19.4 Å². The summed E-state index contributed by atoms with van der Waals surface area (Å²) in [5, 5.41) is 5.10. The van der Waals surface area contributed by atoms with Gasteiger partial charge in [0.25, 0.3) is 0 Å². The minimum atomic E-state index is -3.28. The summed E-state index contributed by atoms with van der Waals surface area (Å²) >= 11 is 1.24. The van der Waals surface area contributed by atoms with E-state index in [9.17, 15) is 8.42 Å². The maximum Gasteiger partial charge on any atom is 0.249 e. The third-order valence-corrected chi connectivity index (χ3v) is 4.78. The normalized spacial score (nSPS) is 12.3. The number of sulfonamides is 1. The molecule has 0 aliphatic rings. The van der Waals surface area contributed by atoms with E-state index in [1.807, 2.05) is 5.38 Å². The molecule has 0 fully saturated rings. The second-order valence-corrected chi connectivity index (χ2v) is 6.54. The van der Waals surface area contributed by atoms with Gasteiger partial charge in [0, 0.05) is 12.6 Å². The molecule has 0 aliphatic carbocycles. The Bertz CT molecular complexity index is 410. The molecule has 4 nitrogen and oxygen atoms in total. The van der Waals surface area contributed by atoms with Crippen LogP contribution in [-0.4, -0.2) is 21.5 Å². The molecule has 0 amide bonds. The zero-order valence-corrected chi connectivity index (χ0v) is 10.7. The van der Waals surface area contributed by atoms with E-state index in [2.05, 4.69) is 23.9 Å². The summed E-state index contributed by atoms with van der Waals surface area (Å²) in [6.07, 6.45) is 0. The van der Waals surface area contributed by atoms with Gasteiger partial charge in [-0.05, 0) is 24.1 Å². The van der Waals surface area contributed by atoms with E-state index in [-0.39, 0.29) is 0 Å². The van der Waals surface area contributed by atoms with Crippen molar-refractivity contribution in [1.29, 1.82) is 0 Å². The second kappa shape index (κ2) is 5.07. The number of nitrogens with one attached hydrogen (secondary N) is 2. The lowest BCUT2D eigenvalue weighted by Crippen LogP contribution is -2.21. The average molecular weight is 248 g/mol. The van der Waals surface area contributed by atoms with Crippen LogP contribution in [0.3, 0.4) is 0 Å². The second-order valence-electron chi connectivity index (χ2n) is 3.52. The predicted octanol–water partition coefficient (Wildman–Crippen LogP) is 1.15. The maximum atomic E-state index is 11.4. The topological polar surface area (TPSA) is 58.2 Å². The summed E-state index contributed by atoms with van der Waals surface area (Å²) in [4.78, 5) is 0. The third-order valence-electron chi connectivity index (χ3n) is 1.88. The highest BCUT2D eigenvalue weighted by Gasteiger charge is 2.13. The van der Waals surface area contributed by atoms with Crippen molar-refractivity contribution < 1.29 is 8.42 Å². The van der Waals surface area contributed by atoms with Crippen LogP contribution in [0, 0.1) is 0 Å². The number of thiophene rings is 1. The molecule has 0 bridgehead atoms. The van der Waals surface area contributed by atoms with Crippen LogP contribution in [0.15, 0.2) is 15.7 Å². The summed E-state index contributed by atoms with van der Waals surface area (Å²) in [5.41, 5.74) is 1.00. The Hall–Kier alpha value is -0.430. The SMILES string of the molecule is CNS(=O)(=O)c1cc(CNC(C)C)cs1. The van der Waals surface area contributed by atoms with Crippen molar-refractivity contribution in [3.63, 3.8) is 0 Å². The van der Waals surface area contributed by atoms with E-state index in [0.717, 1.165) is 5.56 Å². The zero-order chi connectivity index (χ0) is 11.5. The molecule has 0 aliphatic heterocycles. The Labute approximate surface area is 94.8 Å². The summed E-state index contributed by atoms with van der Waals surface area (Å²) in [5.74, 6) is 0. The van der Waals surface area contributed by atoms with Crippen molar-refractivity contribution in [2.75, 3.05) is 7.05 Å². The van der Waals surface area contributed by atoms with Crippen LogP contribution in [-0.2, 0) is 16.6 Å². The van der Waals surface area contributed by atoms with Gasteiger partial charge in [-0.15, -0.1) is 11.3 Å². The van der Waals surface area contributed by atoms with Crippen LogP contribution >= 0.6 is 11.3 Å². The predicted molar refractivity (Wildman–Crippen MR) is 62.5 cm³/mol. The molecule has 0 spiro atoms. The van der Waals surface area contributed by atoms with Crippen molar-refractivity contribution in [2.24, 2.45) is 0 Å². The van der Waals surface area contributed by atoms with E-state index < -0.39 is 10.0 Å². The molecule has 1 rings (SSSR count). The molecule has 0 atom stereocenters. The fourth-order valence-corrected chi connectivity index (χ4v) is 3.06.